The molecule has 1 aromatic rings. The lowest BCUT2D eigenvalue weighted by atomic mass is 9.96. The number of carbonyl (C=O) groups excluding carboxylic acids is 2. The van der Waals surface area contributed by atoms with Crippen molar-refractivity contribution in [3.8, 4) is 0 Å². The van der Waals surface area contributed by atoms with E-state index in [1.54, 1.807) is 5.70 Å². The summed E-state index contributed by atoms with van der Waals surface area (Å²) < 4.78 is 0. The topological polar surface area (TPSA) is 89.9 Å². The number of rotatable bonds is 1. The first kappa shape index (κ1) is 25.6. The summed E-state index contributed by atoms with van der Waals surface area (Å²) in [6.07, 6.45) is 12.2. The van der Waals surface area contributed by atoms with Gasteiger partial charge in [0, 0.05) is 45.8 Å². The Morgan fingerprint density at radius 1 is 0.933 bits per heavy atom. The molecule has 1 fully saturated rings. The van der Waals surface area contributed by atoms with Gasteiger partial charge >= 0.3 is 0 Å². The Morgan fingerprint density at radius 3 is 2.17 bits per heavy atom. The summed E-state index contributed by atoms with van der Waals surface area (Å²) in [6.45, 7) is 4.61. The molecule has 6 nitrogen and oxygen atoms in total. The van der Waals surface area contributed by atoms with E-state index in [-0.39, 0.29) is 11.8 Å². The Labute approximate surface area is 180 Å². The third kappa shape index (κ3) is 8.13. The zero-order chi connectivity index (χ0) is 22.4. The van der Waals surface area contributed by atoms with Gasteiger partial charge in [0.05, 0.1) is 0 Å². The van der Waals surface area contributed by atoms with E-state index in [4.69, 9.17) is 10.2 Å². The monoisotopic (exact) mass is 416 g/mol. The molecule has 0 bridgehead atoms. The van der Waals surface area contributed by atoms with Crippen LogP contribution < -0.4 is 5.32 Å². The van der Waals surface area contributed by atoms with Crippen molar-refractivity contribution in [3.05, 3.63) is 59.3 Å². The highest BCUT2D eigenvalue weighted by Crippen LogP contribution is 2.28. The number of fused-ring (bicyclic) bond motifs is 1. The van der Waals surface area contributed by atoms with Crippen molar-refractivity contribution < 1.29 is 19.8 Å². The number of aliphatic hydroxyl groups is 2. The lowest BCUT2D eigenvalue weighted by Crippen LogP contribution is -2.33. The van der Waals surface area contributed by atoms with Gasteiger partial charge in [0.1, 0.15) is 0 Å². The maximum Gasteiger partial charge on any atom is 0.226 e. The zero-order valence-electron chi connectivity index (χ0n) is 18.4. The van der Waals surface area contributed by atoms with Gasteiger partial charge < -0.3 is 15.1 Å². The van der Waals surface area contributed by atoms with Gasteiger partial charge in [0.2, 0.25) is 11.8 Å². The van der Waals surface area contributed by atoms with Crippen LogP contribution in [0.2, 0.25) is 0 Å². The summed E-state index contributed by atoms with van der Waals surface area (Å²) in [5.74, 6) is 0.386. The summed E-state index contributed by atoms with van der Waals surface area (Å²) >= 11 is 0. The molecule has 4 rings (SSSR count). The normalized spacial score (nSPS) is 19.8. The van der Waals surface area contributed by atoms with Gasteiger partial charge in [-0.05, 0) is 42.7 Å². The molecular weight excluding hydrogens is 380 g/mol. The fourth-order valence-electron chi connectivity index (χ4n) is 3.75. The number of imide groups is 1. The fraction of sp³-hybridized carbons (Fsp3) is 0.500. The highest BCUT2D eigenvalue weighted by molar-refractivity contribution is 5.97. The van der Waals surface area contributed by atoms with E-state index >= 15 is 0 Å². The average molecular weight is 417 g/mol. The van der Waals surface area contributed by atoms with Crippen molar-refractivity contribution in [1.82, 2.24) is 10.2 Å². The highest BCUT2D eigenvalue weighted by atomic mass is 16.2. The molecule has 1 aliphatic carbocycles. The van der Waals surface area contributed by atoms with Crippen LogP contribution in [-0.2, 0) is 22.6 Å². The number of hydrogen-bond acceptors (Lipinski definition) is 5. The molecular formula is C24H36N2O4. The lowest BCUT2D eigenvalue weighted by molar-refractivity contribution is -0.132. The smallest absolute Gasteiger partial charge is 0.226 e. The number of allylic oxidation sites excluding steroid dienone is 4. The number of benzene rings is 1. The number of piperidine rings is 1. The maximum atomic E-state index is 10.3. The molecule has 3 N–H and O–H groups in total. The predicted molar refractivity (Wildman–Crippen MR) is 119 cm³/mol. The Morgan fingerprint density at radius 2 is 1.57 bits per heavy atom. The van der Waals surface area contributed by atoms with E-state index in [0.717, 1.165) is 27.2 Å². The number of nitrogens with one attached hydrogen (secondary N) is 1. The molecule has 2 heterocycles. The van der Waals surface area contributed by atoms with Crippen LogP contribution in [0.1, 0.15) is 50.2 Å². The number of hydrogen-bond donors (Lipinski definition) is 3. The number of amides is 2. The number of carbonyl (C=O) groups is 2. The van der Waals surface area contributed by atoms with Crippen LogP contribution in [-0.4, -0.2) is 47.7 Å². The van der Waals surface area contributed by atoms with Crippen LogP contribution in [0.15, 0.2) is 48.2 Å². The second-order valence-electron chi connectivity index (χ2n) is 7.24. The molecule has 1 saturated heterocycles. The standard InChI is InChI=1S/C17H21N.C5H7NO2.2CH4O/c1-14-7-3-2-4-10-17(14)18-12-11-15-8-5-6-9-16(15)13-18;7-4-2-1-3-5(8)6-4;2*1-2/h2-3,5-6,8-10,14H,4,7,11-13H2,1H3;1-3H2,(H,6,7,8);2*2H,1H3. The van der Waals surface area contributed by atoms with Crippen LogP contribution in [0.4, 0.5) is 0 Å². The molecule has 6 heteroatoms. The number of aliphatic hydroxyl groups excluding tert-OH is 2. The third-order valence-corrected chi connectivity index (χ3v) is 5.21. The minimum atomic E-state index is -0.138. The Hall–Kier alpha value is -2.44. The molecule has 0 aromatic heterocycles. The Bertz CT molecular complexity index is 714. The van der Waals surface area contributed by atoms with Crippen LogP contribution >= 0.6 is 0 Å². The van der Waals surface area contributed by atoms with Gasteiger partial charge in [-0.15, -0.1) is 0 Å². The van der Waals surface area contributed by atoms with Gasteiger partial charge in [-0.2, -0.15) is 0 Å². The first-order valence-corrected chi connectivity index (χ1v) is 10.5. The summed E-state index contributed by atoms with van der Waals surface area (Å²) in [5, 5.41) is 16.2. The van der Waals surface area contributed by atoms with E-state index in [2.05, 4.69) is 59.6 Å². The van der Waals surface area contributed by atoms with Crippen molar-refractivity contribution in [2.75, 3.05) is 20.8 Å². The van der Waals surface area contributed by atoms with E-state index in [1.807, 2.05) is 0 Å². The first-order valence-electron chi connectivity index (χ1n) is 10.5. The van der Waals surface area contributed by atoms with E-state index in [9.17, 15) is 9.59 Å². The minimum Gasteiger partial charge on any atom is -0.400 e. The van der Waals surface area contributed by atoms with Crippen LogP contribution in [0.25, 0.3) is 0 Å². The van der Waals surface area contributed by atoms with Crippen molar-refractivity contribution >= 4 is 11.8 Å². The van der Waals surface area contributed by atoms with Crippen LogP contribution in [0, 0.1) is 5.92 Å². The van der Waals surface area contributed by atoms with Gasteiger partial charge in [-0.1, -0.05) is 49.4 Å². The van der Waals surface area contributed by atoms with Crippen molar-refractivity contribution in [2.24, 2.45) is 5.92 Å². The fourth-order valence-corrected chi connectivity index (χ4v) is 3.75. The van der Waals surface area contributed by atoms with Crippen molar-refractivity contribution in [1.29, 1.82) is 0 Å². The number of nitrogens with zero attached hydrogens (tertiary/aromatic N) is 1. The summed E-state index contributed by atoms with van der Waals surface area (Å²) in [7, 11) is 2.00. The van der Waals surface area contributed by atoms with Crippen LogP contribution in [0.5, 0.6) is 0 Å². The van der Waals surface area contributed by atoms with Crippen molar-refractivity contribution in [2.45, 2.75) is 52.0 Å². The summed E-state index contributed by atoms with van der Waals surface area (Å²) in [4.78, 5) is 23.3. The van der Waals surface area contributed by atoms with Gasteiger partial charge in [-0.25, -0.2) is 0 Å². The molecule has 166 valence electrons. The molecule has 1 atom stereocenters. The average Bonchev–Trinajstić information content (AvgIpc) is 3.01. The first-order chi connectivity index (χ1) is 14.6. The van der Waals surface area contributed by atoms with Crippen molar-refractivity contribution in [3.63, 3.8) is 0 Å². The molecule has 1 unspecified atom stereocenters. The quantitative estimate of drug-likeness (QED) is 0.484. The van der Waals surface area contributed by atoms with Crippen LogP contribution in [0.3, 0.4) is 0 Å². The lowest BCUT2D eigenvalue weighted by Gasteiger charge is -2.35. The minimum absolute atomic E-state index is 0.138. The maximum absolute atomic E-state index is 10.3. The van der Waals surface area contributed by atoms with Gasteiger partial charge in [0.15, 0.2) is 0 Å². The Balaban J connectivity index is 0.000000315. The second-order valence-corrected chi connectivity index (χ2v) is 7.24. The van der Waals surface area contributed by atoms with Gasteiger partial charge in [0.25, 0.3) is 0 Å². The molecule has 0 spiro atoms. The largest absolute Gasteiger partial charge is 0.400 e. The van der Waals surface area contributed by atoms with E-state index in [0.29, 0.717) is 25.2 Å². The molecule has 2 amide bonds. The second kappa shape index (κ2) is 14.5. The Kier molecular flexibility index (Phi) is 12.4. The van der Waals surface area contributed by atoms with Gasteiger partial charge in [-0.3, -0.25) is 14.9 Å². The van der Waals surface area contributed by atoms with E-state index < -0.39 is 0 Å². The molecule has 0 saturated carbocycles. The zero-order valence-corrected chi connectivity index (χ0v) is 18.4. The molecule has 3 aliphatic rings. The molecule has 2 aliphatic heterocycles. The van der Waals surface area contributed by atoms with E-state index in [1.165, 1.54) is 30.5 Å². The summed E-state index contributed by atoms with van der Waals surface area (Å²) in [5.41, 5.74) is 4.59. The highest BCUT2D eigenvalue weighted by Gasteiger charge is 2.21. The molecule has 30 heavy (non-hydrogen) atoms. The summed E-state index contributed by atoms with van der Waals surface area (Å²) in [6, 6.07) is 8.88. The SMILES string of the molecule is CC1CC=CCC=C1N1CCc2ccccc2C1.CO.CO.O=C1CCCC(=O)N1. The molecule has 1 aromatic carbocycles. The molecule has 0 radical (unpaired) electrons. The third-order valence-electron chi connectivity index (χ3n) is 5.21. The predicted octanol–water partition coefficient (Wildman–Crippen LogP) is 2.94.